The summed E-state index contributed by atoms with van der Waals surface area (Å²) in [7, 11) is 1.82. The third-order valence-corrected chi connectivity index (χ3v) is 4.47. The first-order valence-corrected chi connectivity index (χ1v) is 7.68. The van der Waals surface area contributed by atoms with E-state index in [0.717, 1.165) is 31.6 Å². The molecule has 0 aromatic heterocycles. The van der Waals surface area contributed by atoms with Gasteiger partial charge in [0, 0.05) is 19.2 Å². The van der Waals surface area contributed by atoms with E-state index in [9.17, 15) is 9.18 Å². The highest BCUT2D eigenvalue weighted by Gasteiger charge is 2.24. The van der Waals surface area contributed by atoms with E-state index in [1.165, 1.54) is 18.2 Å². The van der Waals surface area contributed by atoms with Gasteiger partial charge in [0.25, 0.3) is 5.91 Å². The van der Waals surface area contributed by atoms with Crippen LogP contribution < -0.4 is 4.74 Å². The monoisotopic (exact) mass is 313 g/mol. The van der Waals surface area contributed by atoms with Gasteiger partial charge in [-0.15, -0.1) is 0 Å². The van der Waals surface area contributed by atoms with Crippen LogP contribution in [-0.4, -0.2) is 30.5 Å². The molecule has 0 radical (unpaired) electrons. The van der Waals surface area contributed by atoms with Crippen molar-refractivity contribution in [3.8, 4) is 5.75 Å². The Kier molecular flexibility index (Phi) is 5.45. The number of nitrogens with zero attached hydrogens (tertiary/aromatic N) is 1. The molecule has 0 spiro atoms. The number of carbonyl (C=O) groups is 1. The highest BCUT2D eigenvalue weighted by molar-refractivity contribution is 6.30. The lowest BCUT2D eigenvalue weighted by molar-refractivity contribution is -0.134. The van der Waals surface area contributed by atoms with Crippen molar-refractivity contribution in [2.24, 2.45) is 5.92 Å². The van der Waals surface area contributed by atoms with Gasteiger partial charge in [-0.2, -0.15) is 0 Å². The maximum Gasteiger partial charge on any atom is 0.260 e. The molecule has 1 amide bonds. The molecule has 0 atom stereocenters. The molecule has 0 N–H and O–H groups in total. The van der Waals surface area contributed by atoms with Crippen molar-refractivity contribution >= 4 is 17.5 Å². The average molecular weight is 314 g/mol. The number of halogens is 2. The average Bonchev–Trinajstić information content (AvgIpc) is 2.48. The molecule has 1 aromatic rings. The zero-order chi connectivity index (χ0) is 15.4. The highest BCUT2D eigenvalue weighted by Crippen LogP contribution is 2.26. The number of hydrogen-bond acceptors (Lipinski definition) is 2. The van der Waals surface area contributed by atoms with E-state index in [1.54, 1.807) is 4.90 Å². The van der Waals surface area contributed by atoms with Crippen LogP contribution in [0.3, 0.4) is 0 Å². The van der Waals surface area contributed by atoms with Crippen LogP contribution in [0, 0.1) is 11.7 Å². The maximum atomic E-state index is 13.0. The number of carbonyl (C=O) groups excluding carboxylic acids is 1. The Morgan fingerprint density at radius 1 is 1.38 bits per heavy atom. The molecule has 1 aliphatic rings. The first-order valence-electron chi connectivity index (χ1n) is 7.31. The molecule has 0 bridgehead atoms. The van der Waals surface area contributed by atoms with Crippen LogP contribution in [0.2, 0.25) is 5.02 Å². The van der Waals surface area contributed by atoms with Crippen molar-refractivity contribution in [3.05, 3.63) is 29.0 Å². The summed E-state index contributed by atoms with van der Waals surface area (Å²) in [5.74, 6) is 0.599. The third-order valence-electron chi connectivity index (χ3n) is 4.18. The molecule has 0 unspecified atom stereocenters. The van der Waals surface area contributed by atoms with E-state index in [0.29, 0.717) is 11.8 Å². The van der Waals surface area contributed by atoms with Crippen LogP contribution in [0.1, 0.15) is 32.6 Å². The van der Waals surface area contributed by atoms with E-state index in [1.807, 2.05) is 7.05 Å². The van der Waals surface area contributed by atoms with Crippen LogP contribution in [-0.2, 0) is 4.79 Å². The lowest BCUT2D eigenvalue weighted by Gasteiger charge is -2.33. The van der Waals surface area contributed by atoms with Crippen LogP contribution in [0.5, 0.6) is 5.75 Å². The Morgan fingerprint density at radius 2 is 2.05 bits per heavy atom. The normalized spacial score (nSPS) is 21.9. The molecule has 5 heteroatoms. The van der Waals surface area contributed by atoms with E-state index < -0.39 is 5.82 Å². The summed E-state index contributed by atoms with van der Waals surface area (Å²) in [6.45, 7) is 2.20. The fourth-order valence-electron chi connectivity index (χ4n) is 2.65. The number of ether oxygens (including phenoxy) is 1. The summed E-state index contributed by atoms with van der Waals surface area (Å²) in [6.07, 6.45) is 4.42. The van der Waals surface area contributed by atoms with Gasteiger partial charge in [-0.3, -0.25) is 4.79 Å². The van der Waals surface area contributed by atoms with Gasteiger partial charge in [-0.1, -0.05) is 18.5 Å². The Balaban J connectivity index is 1.84. The van der Waals surface area contributed by atoms with Crippen molar-refractivity contribution in [1.82, 2.24) is 4.90 Å². The van der Waals surface area contributed by atoms with Gasteiger partial charge in [0.05, 0.1) is 5.02 Å². The van der Waals surface area contributed by atoms with E-state index in [2.05, 4.69) is 6.92 Å². The number of hydrogen-bond donors (Lipinski definition) is 0. The first kappa shape index (κ1) is 16.1. The van der Waals surface area contributed by atoms with Crippen LogP contribution in [0.15, 0.2) is 18.2 Å². The second kappa shape index (κ2) is 7.12. The third kappa shape index (κ3) is 4.34. The molecule has 2 rings (SSSR count). The number of rotatable bonds is 4. The van der Waals surface area contributed by atoms with E-state index >= 15 is 0 Å². The summed E-state index contributed by atoms with van der Waals surface area (Å²) in [6, 6.07) is 4.38. The predicted molar refractivity (Wildman–Crippen MR) is 81.1 cm³/mol. The van der Waals surface area contributed by atoms with Crippen molar-refractivity contribution in [2.45, 2.75) is 38.6 Å². The fourth-order valence-corrected chi connectivity index (χ4v) is 2.82. The van der Waals surface area contributed by atoms with Gasteiger partial charge in [0.15, 0.2) is 6.61 Å². The Hall–Kier alpha value is -1.29. The molecule has 0 saturated heterocycles. The van der Waals surface area contributed by atoms with Crippen molar-refractivity contribution < 1.29 is 13.9 Å². The zero-order valence-corrected chi connectivity index (χ0v) is 13.2. The Labute approximate surface area is 130 Å². The van der Waals surface area contributed by atoms with Crippen LogP contribution >= 0.6 is 11.6 Å². The molecular formula is C16H21ClFNO2. The minimum atomic E-state index is -0.496. The van der Waals surface area contributed by atoms with E-state index in [4.69, 9.17) is 16.3 Å². The molecule has 1 saturated carbocycles. The first-order chi connectivity index (χ1) is 9.97. The summed E-state index contributed by atoms with van der Waals surface area (Å²) in [4.78, 5) is 13.9. The van der Waals surface area contributed by atoms with Gasteiger partial charge < -0.3 is 9.64 Å². The van der Waals surface area contributed by atoms with Gasteiger partial charge in [-0.25, -0.2) is 4.39 Å². The quantitative estimate of drug-likeness (QED) is 0.844. The largest absolute Gasteiger partial charge is 0.484 e. The SMILES string of the molecule is CC1CCC(N(C)C(=O)COc2ccc(F)c(Cl)c2)CC1. The minimum Gasteiger partial charge on any atom is -0.484 e. The molecule has 116 valence electrons. The molecule has 1 aromatic carbocycles. The molecule has 0 aliphatic heterocycles. The highest BCUT2D eigenvalue weighted by atomic mass is 35.5. The second-order valence-electron chi connectivity index (χ2n) is 5.78. The topological polar surface area (TPSA) is 29.5 Å². The summed E-state index contributed by atoms with van der Waals surface area (Å²) < 4.78 is 18.4. The fraction of sp³-hybridized carbons (Fsp3) is 0.562. The van der Waals surface area contributed by atoms with Crippen molar-refractivity contribution in [3.63, 3.8) is 0 Å². The number of amides is 1. The molecule has 3 nitrogen and oxygen atoms in total. The predicted octanol–water partition coefficient (Wildman–Crippen LogP) is 3.90. The standard InChI is InChI=1S/C16H21ClFNO2/c1-11-3-5-12(6-4-11)19(2)16(20)10-21-13-7-8-15(18)14(17)9-13/h7-9,11-12H,3-6,10H2,1-2H3. The molecule has 1 aliphatic carbocycles. The van der Waals surface area contributed by atoms with Gasteiger partial charge in [-0.05, 0) is 43.7 Å². The maximum absolute atomic E-state index is 13.0. The smallest absolute Gasteiger partial charge is 0.260 e. The summed E-state index contributed by atoms with van der Waals surface area (Å²) in [5.41, 5.74) is 0. The lowest BCUT2D eigenvalue weighted by Crippen LogP contribution is -2.41. The molecule has 0 heterocycles. The van der Waals surface area contributed by atoms with Gasteiger partial charge in [0.1, 0.15) is 11.6 Å². The summed E-state index contributed by atoms with van der Waals surface area (Å²) in [5, 5.41) is -0.00503. The number of likely N-dealkylation sites (N-methyl/N-ethyl adjacent to an activating group) is 1. The Bertz CT molecular complexity index is 501. The Morgan fingerprint density at radius 3 is 2.67 bits per heavy atom. The van der Waals surface area contributed by atoms with Crippen LogP contribution in [0.4, 0.5) is 4.39 Å². The second-order valence-corrected chi connectivity index (χ2v) is 6.19. The lowest BCUT2D eigenvalue weighted by atomic mass is 9.87. The van der Waals surface area contributed by atoms with Crippen molar-refractivity contribution in [1.29, 1.82) is 0 Å². The number of benzene rings is 1. The minimum absolute atomic E-state index is 0.00503. The molecule has 21 heavy (non-hydrogen) atoms. The molecule has 1 fully saturated rings. The van der Waals surface area contributed by atoms with E-state index in [-0.39, 0.29) is 17.5 Å². The summed E-state index contributed by atoms with van der Waals surface area (Å²) >= 11 is 5.68. The zero-order valence-electron chi connectivity index (χ0n) is 12.4. The van der Waals surface area contributed by atoms with Gasteiger partial charge in [0.2, 0.25) is 0 Å². The van der Waals surface area contributed by atoms with Crippen molar-refractivity contribution in [2.75, 3.05) is 13.7 Å². The van der Waals surface area contributed by atoms with Gasteiger partial charge >= 0.3 is 0 Å². The van der Waals surface area contributed by atoms with Crippen LogP contribution in [0.25, 0.3) is 0 Å². The molecular weight excluding hydrogens is 293 g/mol.